The third-order valence-electron chi connectivity index (χ3n) is 3.16. The van der Waals surface area contributed by atoms with Crippen LogP contribution in [0.25, 0.3) is 0 Å². The van der Waals surface area contributed by atoms with Crippen molar-refractivity contribution in [2.45, 2.75) is 13.0 Å². The number of benzene rings is 2. The molecule has 2 aromatic rings. The van der Waals surface area contributed by atoms with Crippen molar-refractivity contribution in [1.29, 1.82) is 0 Å². The van der Waals surface area contributed by atoms with Gasteiger partial charge in [-0.15, -0.1) is 0 Å². The molecule has 0 aromatic heterocycles. The number of rotatable bonds is 6. The maximum atomic E-state index is 11.6. The zero-order chi connectivity index (χ0) is 16.2. The summed E-state index contributed by atoms with van der Waals surface area (Å²) in [4.78, 5) is 0. The van der Waals surface area contributed by atoms with E-state index in [-0.39, 0.29) is 6.04 Å². The molecule has 2 rings (SSSR count). The first-order valence-corrected chi connectivity index (χ1v) is 9.23. The van der Waals surface area contributed by atoms with Crippen LogP contribution in [0.1, 0.15) is 24.1 Å². The van der Waals surface area contributed by atoms with Gasteiger partial charge in [0.15, 0.2) is 0 Å². The summed E-state index contributed by atoms with van der Waals surface area (Å²) in [6.45, 7) is 2.74. The van der Waals surface area contributed by atoms with Gasteiger partial charge >= 0.3 is 0 Å². The van der Waals surface area contributed by atoms with E-state index in [4.69, 9.17) is 11.6 Å². The molecular weight excluding hydrogens is 320 g/mol. The molecule has 0 bridgehead atoms. The predicted molar refractivity (Wildman–Crippen MR) is 91.9 cm³/mol. The lowest BCUT2D eigenvalue weighted by Gasteiger charge is -2.22. The van der Waals surface area contributed by atoms with Crippen LogP contribution < -0.4 is 10.0 Å². The summed E-state index contributed by atoms with van der Waals surface area (Å²) >= 11 is 6.11. The monoisotopic (exact) mass is 338 g/mol. The first-order chi connectivity index (χ1) is 10.4. The Labute approximate surface area is 136 Å². The third kappa shape index (κ3) is 4.47. The summed E-state index contributed by atoms with van der Waals surface area (Å²) in [5.41, 5.74) is 2.37. The van der Waals surface area contributed by atoms with Gasteiger partial charge in [-0.2, -0.15) is 0 Å². The fraction of sp³-hybridized carbons (Fsp3) is 0.250. The zero-order valence-corrected chi connectivity index (χ0v) is 14.1. The van der Waals surface area contributed by atoms with Crippen LogP contribution in [0, 0.1) is 0 Å². The molecule has 6 heteroatoms. The molecule has 118 valence electrons. The molecule has 0 saturated carbocycles. The summed E-state index contributed by atoms with van der Waals surface area (Å²) in [6.07, 6.45) is 1.14. The topological polar surface area (TPSA) is 58.2 Å². The van der Waals surface area contributed by atoms with E-state index in [1.165, 1.54) is 0 Å². The maximum absolute atomic E-state index is 11.6. The van der Waals surface area contributed by atoms with E-state index in [2.05, 4.69) is 10.0 Å². The molecule has 0 amide bonds. The Morgan fingerprint density at radius 1 is 1.14 bits per heavy atom. The fourth-order valence-corrected chi connectivity index (χ4v) is 3.09. The van der Waals surface area contributed by atoms with Gasteiger partial charge in [-0.05, 0) is 35.9 Å². The first-order valence-electron chi connectivity index (χ1n) is 6.96. The molecule has 22 heavy (non-hydrogen) atoms. The molecule has 0 aliphatic heterocycles. The molecule has 0 radical (unpaired) electrons. The highest BCUT2D eigenvalue weighted by atomic mass is 35.5. The van der Waals surface area contributed by atoms with E-state index >= 15 is 0 Å². The molecule has 4 nitrogen and oxygen atoms in total. The normalized spacial score (nSPS) is 12.9. The molecular formula is C16H19ClN2O2S. The van der Waals surface area contributed by atoms with E-state index in [9.17, 15) is 8.42 Å². The Morgan fingerprint density at radius 2 is 1.82 bits per heavy atom. The zero-order valence-electron chi connectivity index (χ0n) is 12.5. The Balaban J connectivity index is 2.53. The second kappa shape index (κ2) is 7.13. The molecule has 0 fully saturated rings. The lowest BCUT2D eigenvalue weighted by Crippen LogP contribution is -2.24. The van der Waals surface area contributed by atoms with Crippen LogP contribution in [0.4, 0.5) is 5.69 Å². The standard InChI is InChI=1S/C16H19ClN2O2S/c1-3-18-16(12-7-5-4-6-8-12)14-11-13(17)9-10-15(14)19-22(2,20)21/h4-11,16,18-19H,3H2,1-2H3. The van der Waals surface area contributed by atoms with E-state index in [1.54, 1.807) is 18.2 Å². The minimum atomic E-state index is -3.36. The quantitative estimate of drug-likeness (QED) is 0.848. The van der Waals surface area contributed by atoms with Crippen LogP contribution in [0.3, 0.4) is 0 Å². The summed E-state index contributed by atoms with van der Waals surface area (Å²) in [7, 11) is -3.36. The van der Waals surface area contributed by atoms with E-state index in [0.29, 0.717) is 10.7 Å². The Kier molecular flexibility index (Phi) is 5.45. The Bertz CT molecular complexity index is 733. The molecule has 0 aliphatic carbocycles. The minimum Gasteiger partial charge on any atom is -0.306 e. The Morgan fingerprint density at radius 3 is 2.41 bits per heavy atom. The third-order valence-corrected chi connectivity index (χ3v) is 3.99. The van der Waals surface area contributed by atoms with Gasteiger partial charge < -0.3 is 5.32 Å². The number of halogens is 1. The molecule has 0 heterocycles. The van der Waals surface area contributed by atoms with Crippen molar-refractivity contribution in [3.8, 4) is 0 Å². The van der Waals surface area contributed by atoms with Gasteiger partial charge in [0, 0.05) is 5.02 Å². The smallest absolute Gasteiger partial charge is 0.229 e. The van der Waals surface area contributed by atoms with Gasteiger partial charge in [-0.25, -0.2) is 8.42 Å². The molecule has 2 N–H and O–H groups in total. The summed E-state index contributed by atoms with van der Waals surface area (Å²) < 4.78 is 25.7. The van der Waals surface area contributed by atoms with Crippen molar-refractivity contribution < 1.29 is 8.42 Å². The van der Waals surface area contributed by atoms with Crippen molar-refractivity contribution in [2.24, 2.45) is 0 Å². The maximum Gasteiger partial charge on any atom is 0.229 e. The van der Waals surface area contributed by atoms with Crippen LogP contribution in [0.5, 0.6) is 0 Å². The van der Waals surface area contributed by atoms with Crippen molar-refractivity contribution in [3.63, 3.8) is 0 Å². The summed E-state index contributed by atoms with van der Waals surface area (Å²) in [5, 5.41) is 3.94. The van der Waals surface area contributed by atoms with Crippen molar-refractivity contribution in [1.82, 2.24) is 5.32 Å². The molecule has 0 aliphatic rings. The fourth-order valence-electron chi connectivity index (χ4n) is 2.32. The van der Waals surface area contributed by atoms with Gasteiger partial charge in [0.25, 0.3) is 0 Å². The Hall–Kier alpha value is -1.56. The highest BCUT2D eigenvalue weighted by molar-refractivity contribution is 7.92. The molecule has 0 spiro atoms. The number of anilines is 1. The first kappa shape index (κ1) is 16.8. The van der Waals surface area contributed by atoms with Gasteiger partial charge in [-0.1, -0.05) is 48.9 Å². The lowest BCUT2D eigenvalue weighted by molar-refractivity contribution is 0.606. The molecule has 1 unspecified atom stereocenters. The van der Waals surface area contributed by atoms with Crippen LogP contribution in [-0.2, 0) is 10.0 Å². The lowest BCUT2D eigenvalue weighted by atomic mass is 9.97. The highest BCUT2D eigenvalue weighted by Crippen LogP contribution is 2.31. The number of sulfonamides is 1. The van der Waals surface area contributed by atoms with Crippen LogP contribution in [0.15, 0.2) is 48.5 Å². The van der Waals surface area contributed by atoms with E-state index in [1.807, 2.05) is 37.3 Å². The number of hydrogen-bond donors (Lipinski definition) is 2. The van der Waals surface area contributed by atoms with Crippen LogP contribution in [0.2, 0.25) is 5.02 Å². The van der Waals surface area contributed by atoms with Crippen molar-refractivity contribution >= 4 is 27.3 Å². The van der Waals surface area contributed by atoms with Gasteiger partial charge in [0.2, 0.25) is 10.0 Å². The molecule has 2 aromatic carbocycles. The van der Waals surface area contributed by atoms with Crippen molar-refractivity contribution in [3.05, 3.63) is 64.7 Å². The average molecular weight is 339 g/mol. The van der Waals surface area contributed by atoms with Gasteiger partial charge in [0.1, 0.15) is 0 Å². The molecule has 1 atom stereocenters. The van der Waals surface area contributed by atoms with Crippen LogP contribution in [-0.4, -0.2) is 21.2 Å². The van der Waals surface area contributed by atoms with E-state index in [0.717, 1.165) is 23.9 Å². The second-order valence-electron chi connectivity index (χ2n) is 5.01. The van der Waals surface area contributed by atoms with Gasteiger partial charge in [-0.3, -0.25) is 4.72 Å². The predicted octanol–water partition coefficient (Wildman–Crippen LogP) is 3.41. The van der Waals surface area contributed by atoms with E-state index < -0.39 is 10.0 Å². The van der Waals surface area contributed by atoms with Crippen LogP contribution >= 0.6 is 11.6 Å². The summed E-state index contributed by atoms with van der Waals surface area (Å²) in [5.74, 6) is 0. The second-order valence-corrected chi connectivity index (χ2v) is 7.19. The minimum absolute atomic E-state index is 0.144. The highest BCUT2D eigenvalue weighted by Gasteiger charge is 2.18. The van der Waals surface area contributed by atoms with Gasteiger partial charge in [0.05, 0.1) is 18.0 Å². The number of nitrogens with one attached hydrogen (secondary N) is 2. The van der Waals surface area contributed by atoms with Crippen molar-refractivity contribution in [2.75, 3.05) is 17.5 Å². The molecule has 0 saturated heterocycles. The SMILES string of the molecule is CCNC(c1ccccc1)c1cc(Cl)ccc1NS(C)(=O)=O. The number of hydrogen-bond acceptors (Lipinski definition) is 3. The largest absolute Gasteiger partial charge is 0.306 e. The average Bonchev–Trinajstić information content (AvgIpc) is 2.46. The summed E-state index contributed by atoms with van der Waals surface area (Å²) in [6, 6.07) is 14.8.